The summed E-state index contributed by atoms with van der Waals surface area (Å²) in [5.41, 5.74) is 0. The third kappa shape index (κ3) is 7.74. The monoisotopic (exact) mass is 246 g/mol. The molecule has 0 heterocycles. The van der Waals surface area contributed by atoms with Gasteiger partial charge in [-0.25, -0.2) is 4.79 Å². The lowest BCUT2D eigenvalue weighted by molar-refractivity contribution is -0.166. The second-order valence-corrected chi connectivity index (χ2v) is 3.99. The maximum absolute atomic E-state index is 11.7. The van der Waals surface area contributed by atoms with Crippen LogP contribution in [0.3, 0.4) is 0 Å². The summed E-state index contributed by atoms with van der Waals surface area (Å²) in [6, 6.07) is 0. The Kier molecular flexibility index (Phi) is 8.40. The van der Waals surface area contributed by atoms with E-state index in [0.717, 1.165) is 19.3 Å². The summed E-state index contributed by atoms with van der Waals surface area (Å²) in [4.78, 5) is 22.3. The Labute approximate surface area is 102 Å². The highest BCUT2D eigenvalue weighted by Gasteiger charge is 2.25. The molecular formula is C12H22O5. The molecule has 0 aliphatic rings. The van der Waals surface area contributed by atoms with Gasteiger partial charge in [0.2, 0.25) is 0 Å². The van der Waals surface area contributed by atoms with E-state index < -0.39 is 18.0 Å². The Hall–Kier alpha value is -1.10. The Bertz CT molecular complexity index is 239. The number of rotatable bonds is 9. The molecule has 100 valence electrons. The van der Waals surface area contributed by atoms with Gasteiger partial charge in [0.25, 0.3) is 0 Å². The number of ether oxygens (including phenoxy) is 2. The second kappa shape index (κ2) is 8.98. The minimum absolute atomic E-state index is 0.200. The van der Waals surface area contributed by atoms with E-state index >= 15 is 0 Å². The van der Waals surface area contributed by atoms with Crippen LogP contribution < -0.4 is 0 Å². The molecule has 0 radical (unpaired) electrons. The number of carbonyl (C=O) groups excluding carboxylic acids is 1. The topological polar surface area (TPSA) is 72.8 Å². The first-order valence-corrected chi connectivity index (χ1v) is 6.05. The van der Waals surface area contributed by atoms with Crippen molar-refractivity contribution >= 4 is 11.9 Å². The zero-order valence-corrected chi connectivity index (χ0v) is 10.8. The van der Waals surface area contributed by atoms with Crippen LogP contribution in [0.1, 0.15) is 46.5 Å². The van der Waals surface area contributed by atoms with Crippen LogP contribution in [0, 0.1) is 0 Å². The van der Waals surface area contributed by atoms with Crippen LogP contribution in [-0.4, -0.2) is 35.9 Å². The van der Waals surface area contributed by atoms with Crippen LogP contribution in [0.25, 0.3) is 0 Å². The molecule has 0 fully saturated rings. The summed E-state index contributed by atoms with van der Waals surface area (Å²) in [7, 11) is 0. The van der Waals surface area contributed by atoms with E-state index in [2.05, 4.69) is 0 Å². The van der Waals surface area contributed by atoms with Crippen LogP contribution in [0.5, 0.6) is 0 Å². The van der Waals surface area contributed by atoms with E-state index in [1.165, 1.54) is 0 Å². The van der Waals surface area contributed by atoms with Crippen molar-refractivity contribution in [1.82, 2.24) is 0 Å². The number of carboxylic acid groups (broad SMARTS) is 1. The SMILES string of the molecule is CCCOC(CC(=O)O)C(=O)OC(C)CCC. The molecule has 0 rings (SSSR count). The van der Waals surface area contributed by atoms with Gasteiger partial charge in [-0.1, -0.05) is 20.3 Å². The predicted molar refractivity (Wildman–Crippen MR) is 62.7 cm³/mol. The van der Waals surface area contributed by atoms with Gasteiger partial charge in [0.15, 0.2) is 6.10 Å². The van der Waals surface area contributed by atoms with Crippen molar-refractivity contribution in [2.24, 2.45) is 0 Å². The summed E-state index contributed by atoms with van der Waals surface area (Å²) in [6.45, 7) is 6.03. The highest BCUT2D eigenvalue weighted by atomic mass is 16.6. The highest BCUT2D eigenvalue weighted by molar-refractivity contribution is 5.81. The molecule has 5 nitrogen and oxygen atoms in total. The maximum atomic E-state index is 11.7. The summed E-state index contributed by atoms with van der Waals surface area (Å²) in [5.74, 6) is -1.65. The van der Waals surface area contributed by atoms with Crippen molar-refractivity contribution in [3.63, 3.8) is 0 Å². The van der Waals surface area contributed by atoms with Gasteiger partial charge in [-0.15, -0.1) is 0 Å². The molecule has 2 atom stereocenters. The van der Waals surface area contributed by atoms with Crippen molar-refractivity contribution in [1.29, 1.82) is 0 Å². The van der Waals surface area contributed by atoms with Crippen LogP contribution in [-0.2, 0) is 19.1 Å². The fraction of sp³-hybridized carbons (Fsp3) is 0.833. The molecule has 17 heavy (non-hydrogen) atoms. The molecule has 0 aromatic heterocycles. The minimum Gasteiger partial charge on any atom is -0.481 e. The van der Waals surface area contributed by atoms with E-state index in [1.807, 2.05) is 13.8 Å². The van der Waals surface area contributed by atoms with E-state index in [1.54, 1.807) is 6.92 Å². The molecule has 0 amide bonds. The lowest BCUT2D eigenvalue weighted by Crippen LogP contribution is -2.31. The Morgan fingerprint density at radius 3 is 2.35 bits per heavy atom. The lowest BCUT2D eigenvalue weighted by Gasteiger charge is -2.18. The predicted octanol–water partition coefficient (Wildman–Crippen LogP) is 1.99. The van der Waals surface area contributed by atoms with E-state index in [0.29, 0.717) is 6.61 Å². The van der Waals surface area contributed by atoms with Gasteiger partial charge in [0.1, 0.15) is 0 Å². The van der Waals surface area contributed by atoms with Gasteiger partial charge < -0.3 is 14.6 Å². The number of esters is 1. The van der Waals surface area contributed by atoms with E-state index in [4.69, 9.17) is 14.6 Å². The zero-order valence-electron chi connectivity index (χ0n) is 10.8. The van der Waals surface area contributed by atoms with Crippen molar-refractivity contribution < 1.29 is 24.2 Å². The standard InChI is InChI=1S/C12H22O5/c1-4-6-9(3)17-12(15)10(8-11(13)14)16-7-5-2/h9-10H,4-8H2,1-3H3,(H,13,14). The average Bonchev–Trinajstić information content (AvgIpc) is 2.23. The molecule has 0 aromatic carbocycles. The third-order valence-electron chi connectivity index (χ3n) is 2.16. The van der Waals surface area contributed by atoms with Crippen LogP contribution in [0.15, 0.2) is 0 Å². The molecular weight excluding hydrogens is 224 g/mol. The molecule has 2 unspecified atom stereocenters. The summed E-state index contributed by atoms with van der Waals surface area (Å²) in [5, 5.41) is 8.68. The molecule has 5 heteroatoms. The van der Waals surface area contributed by atoms with Crippen LogP contribution in [0.4, 0.5) is 0 Å². The molecule has 0 aromatic rings. The van der Waals surface area contributed by atoms with Crippen molar-refractivity contribution in [3.8, 4) is 0 Å². The first kappa shape index (κ1) is 15.9. The highest BCUT2D eigenvalue weighted by Crippen LogP contribution is 2.08. The van der Waals surface area contributed by atoms with E-state index in [9.17, 15) is 9.59 Å². The molecule has 0 aliphatic heterocycles. The average molecular weight is 246 g/mol. The quantitative estimate of drug-likeness (QED) is 0.630. The zero-order chi connectivity index (χ0) is 13.3. The molecule has 0 saturated heterocycles. The first-order chi connectivity index (χ1) is 8.01. The number of hydrogen-bond acceptors (Lipinski definition) is 4. The minimum atomic E-state index is -1.06. The first-order valence-electron chi connectivity index (χ1n) is 6.05. The number of hydrogen-bond donors (Lipinski definition) is 1. The number of aliphatic carboxylic acids is 1. The Morgan fingerprint density at radius 1 is 1.24 bits per heavy atom. The van der Waals surface area contributed by atoms with Gasteiger partial charge >= 0.3 is 11.9 Å². The van der Waals surface area contributed by atoms with Crippen molar-refractivity contribution in [3.05, 3.63) is 0 Å². The fourth-order valence-electron chi connectivity index (χ4n) is 1.37. The van der Waals surface area contributed by atoms with Gasteiger partial charge in [0, 0.05) is 6.61 Å². The largest absolute Gasteiger partial charge is 0.481 e. The Morgan fingerprint density at radius 2 is 1.88 bits per heavy atom. The second-order valence-electron chi connectivity index (χ2n) is 3.99. The van der Waals surface area contributed by atoms with Crippen LogP contribution >= 0.6 is 0 Å². The van der Waals surface area contributed by atoms with Gasteiger partial charge in [-0.3, -0.25) is 4.79 Å². The Balaban J connectivity index is 4.25. The van der Waals surface area contributed by atoms with Crippen molar-refractivity contribution in [2.45, 2.75) is 58.7 Å². The molecule has 1 N–H and O–H groups in total. The summed E-state index contributed by atoms with van der Waals surface area (Å²) >= 11 is 0. The van der Waals surface area contributed by atoms with Gasteiger partial charge in [-0.05, 0) is 19.8 Å². The third-order valence-corrected chi connectivity index (χ3v) is 2.16. The fourth-order valence-corrected chi connectivity index (χ4v) is 1.37. The van der Waals surface area contributed by atoms with Crippen LogP contribution in [0.2, 0.25) is 0 Å². The molecule has 0 bridgehead atoms. The van der Waals surface area contributed by atoms with Crippen molar-refractivity contribution in [2.75, 3.05) is 6.61 Å². The van der Waals surface area contributed by atoms with E-state index in [-0.39, 0.29) is 12.5 Å². The smallest absolute Gasteiger partial charge is 0.336 e. The normalized spacial score (nSPS) is 14.1. The number of carbonyl (C=O) groups is 2. The lowest BCUT2D eigenvalue weighted by atomic mass is 10.2. The summed E-state index contributed by atoms with van der Waals surface area (Å²) in [6.07, 6.45) is 0.861. The molecule has 0 aliphatic carbocycles. The summed E-state index contributed by atoms with van der Waals surface area (Å²) < 4.78 is 10.3. The number of carboxylic acids is 1. The van der Waals surface area contributed by atoms with Gasteiger partial charge in [-0.2, -0.15) is 0 Å². The molecule has 0 spiro atoms. The van der Waals surface area contributed by atoms with Gasteiger partial charge in [0.05, 0.1) is 12.5 Å². The maximum Gasteiger partial charge on any atom is 0.336 e. The molecule has 0 saturated carbocycles.